The van der Waals surface area contributed by atoms with Gasteiger partial charge in [-0.1, -0.05) is 53.6 Å². The number of carbonyl (C=O) groups is 4. The summed E-state index contributed by atoms with van der Waals surface area (Å²) >= 11 is 0. The minimum absolute atomic E-state index is 0.0354. The van der Waals surface area contributed by atoms with Crippen LogP contribution in [-0.4, -0.2) is 46.5 Å². The van der Waals surface area contributed by atoms with Crippen LogP contribution in [-0.2, 0) is 20.8 Å². The number of imide groups is 2. The standard InChI is InChI=1S/C22H26N2O4/c1-15(2)10-12-23-20(26)19(18(25)14-17-8-6-5-7-9-17)21(27)24(22(23)28)13-11-16(3)4/h5-11,19H,12-14H2,1-4H3. The van der Waals surface area contributed by atoms with Crippen LogP contribution in [0, 0.1) is 5.92 Å². The lowest BCUT2D eigenvalue weighted by atomic mass is 9.93. The normalized spacial score (nSPS) is 14.9. The number of urea groups is 1. The first-order valence-corrected chi connectivity index (χ1v) is 9.22. The molecule has 1 aliphatic rings. The van der Waals surface area contributed by atoms with E-state index in [-0.39, 0.29) is 19.5 Å². The average Bonchev–Trinajstić information content (AvgIpc) is 2.61. The van der Waals surface area contributed by atoms with Crippen LogP contribution in [0.5, 0.6) is 0 Å². The van der Waals surface area contributed by atoms with Gasteiger partial charge in [0.15, 0.2) is 11.7 Å². The van der Waals surface area contributed by atoms with Gasteiger partial charge in [-0.15, -0.1) is 0 Å². The van der Waals surface area contributed by atoms with Crippen LogP contribution in [0.3, 0.4) is 0 Å². The number of amides is 4. The van der Waals surface area contributed by atoms with Gasteiger partial charge in [0.2, 0.25) is 0 Å². The highest BCUT2D eigenvalue weighted by atomic mass is 16.2. The Morgan fingerprint density at radius 3 is 1.75 bits per heavy atom. The van der Waals surface area contributed by atoms with Gasteiger partial charge in [0.05, 0.1) is 0 Å². The zero-order valence-electron chi connectivity index (χ0n) is 16.8. The van der Waals surface area contributed by atoms with Crippen molar-refractivity contribution in [2.75, 3.05) is 13.1 Å². The minimum atomic E-state index is -1.49. The number of carbonyl (C=O) groups excluding carboxylic acids is 4. The quantitative estimate of drug-likeness (QED) is 0.536. The number of barbiturate groups is 1. The fourth-order valence-corrected chi connectivity index (χ4v) is 2.81. The molecular weight excluding hydrogens is 356 g/mol. The molecule has 28 heavy (non-hydrogen) atoms. The summed E-state index contributed by atoms with van der Waals surface area (Å²) in [5.41, 5.74) is 2.58. The number of ketones is 1. The second-order valence-corrected chi connectivity index (χ2v) is 7.30. The SMILES string of the molecule is CC(C)=CCN1C(=O)C(C(=O)Cc2ccccc2)C(=O)N(CC=C(C)C)C1=O. The summed E-state index contributed by atoms with van der Waals surface area (Å²) in [6.45, 7) is 7.47. The predicted molar refractivity (Wildman–Crippen MR) is 106 cm³/mol. The molecule has 0 saturated carbocycles. The molecule has 0 spiro atoms. The monoisotopic (exact) mass is 382 g/mol. The third-order valence-electron chi connectivity index (χ3n) is 4.40. The zero-order valence-corrected chi connectivity index (χ0v) is 16.8. The molecule has 1 aromatic carbocycles. The van der Waals surface area contributed by atoms with E-state index in [4.69, 9.17) is 0 Å². The lowest BCUT2D eigenvalue weighted by molar-refractivity contribution is -0.152. The molecule has 0 aliphatic carbocycles. The Morgan fingerprint density at radius 2 is 1.32 bits per heavy atom. The summed E-state index contributed by atoms with van der Waals surface area (Å²) in [7, 11) is 0. The number of nitrogens with zero attached hydrogens (tertiary/aromatic N) is 2. The number of Topliss-reactive ketones (excluding diaryl/α,β-unsaturated/α-hetero) is 1. The van der Waals surface area contributed by atoms with Gasteiger partial charge in [0.1, 0.15) is 0 Å². The fourth-order valence-electron chi connectivity index (χ4n) is 2.81. The Hall–Kier alpha value is -3.02. The summed E-state index contributed by atoms with van der Waals surface area (Å²) in [5, 5.41) is 0. The summed E-state index contributed by atoms with van der Waals surface area (Å²) < 4.78 is 0. The molecule has 1 fully saturated rings. The maximum Gasteiger partial charge on any atom is 0.334 e. The van der Waals surface area contributed by atoms with Crippen molar-refractivity contribution >= 4 is 23.6 Å². The van der Waals surface area contributed by atoms with E-state index in [1.54, 1.807) is 36.4 Å². The zero-order chi connectivity index (χ0) is 20.8. The van der Waals surface area contributed by atoms with E-state index in [1.165, 1.54) is 0 Å². The average molecular weight is 382 g/mol. The van der Waals surface area contributed by atoms with Crippen LogP contribution in [0.4, 0.5) is 4.79 Å². The first-order chi connectivity index (χ1) is 13.2. The molecule has 0 aromatic heterocycles. The number of hydrogen-bond donors (Lipinski definition) is 0. The van der Waals surface area contributed by atoms with Crippen molar-refractivity contribution in [3.63, 3.8) is 0 Å². The summed E-state index contributed by atoms with van der Waals surface area (Å²) in [6, 6.07) is 8.25. The molecule has 1 aromatic rings. The summed E-state index contributed by atoms with van der Waals surface area (Å²) in [5.74, 6) is -3.49. The third kappa shape index (κ3) is 5.03. The van der Waals surface area contributed by atoms with Crippen LogP contribution in [0.1, 0.15) is 33.3 Å². The van der Waals surface area contributed by atoms with Crippen LogP contribution in [0.2, 0.25) is 0 Å². The van der Waals surface area contributed by atoms with Crippen LogP contribution in [0.15, 0.2) is 53.6 Å². The first-order valence-electron chi connectivity index (χ1n) is 9.22. The Balaban J connectivity index is 2.35. The van der Waals surface area contributed by atoms with Crippen molar-refractivity contribution < 1.29 is 19.2 Å². The van der Waals surface area contributed by atoms with Gasteiger partial charge in [0, 0.05) is 19.5 Å². The van der Waals surface area contributed by atoms with Crippen molar-refractivity contribution in [3.8, 4) is 0 Å². The Kier molecular flexibility index (Phi) is 7.04. The highest BCUT2D eigenvalue weighted by Crippen LogP contribution is 2.21. The van der Waals surface area contributed by atoms with Gasteiger partial charge in [-0.05, 0) is 33.3 Å². The molecule has 0 N–H and O–H groups in total. The number of benzene rings is 1. The molecule has 1 aliphatic heterocycles. The molecule has 0 radical (unpaired) electrons. The second-order valence-electron chi connectivity index (χ2n) is 7.30. The minimum Gasteiger partial charge on any atom is -0.298 e. The lowest BCUT2D eigenvalue weighted by Crippen LogP contribution is -2.61. The Bertz CT molecular complexity index is 789. The van der Waals surface area contributed by atoms with Crippen molar-refractivity contribution in [3.05, 3.63) is 59.2 Å². The molecule has 6 nitrogen and oxygen atoms in total. The molecular formula is C22H26N2O4. The maximum atomic E-state index is 12.9. The molecule has 1 heterocycles. The van der Waals surface area contributed by atoms with Gasteiger partial charge < -0.3 is 0 Å². The highest BCUT2D eigenvalue weighted by Gasteiger charge is 2.48. The van der Waals surface area contributed by atoms with E-state index in [1.807, 2.05) is 33.8 Å². The Labute approximate surface area is 165 Å². The number of allylic oxidation sites excluding steroid dienone is 2. The topological polar surface area (TPSA) is 74.8 Å². The number of rotatable bonds is 7. The van der Waals surface area contributed by atoms with E-state index in [0.29, 0.717) is 0 Å². The van der Waals surface area contributed by atoms with E-state index < -0.39 is 29.5 Å². The first kappa shape index (κ1) is 21.3. The van der Waals surface area contributed by atoms with E-state index in [2.05, 4.69) is 0 Å². The van der Waals surface area contributed by atoms with E-state index >= 15 is 0 Å². The highest BCUT2D eigenvalue weighted by molar-refractivity contribution is 6.26. The van der Waals surface area contributed by atoms with Crippen LogP contribution >= 0.6 is 0 Å². The molecule has 0 atom stereocenters. The van der Waals surface area contributed by atoms with E-state index in [0.717, 1.165) is 26.5 Å². The molecule has 6 heteroatoms. The van der Waals surface area contributed by atoms with Gasteiger partial charge in [-0.3, -0.25) is 24.2 Å². The summed E-state index contributed by atoms with van der Waals surface area (Å²) in [6.07, 6.45) is 3.41. The molecule has 0 unspecified atom stereocenters. The smallest absolute Gasteiger partial charge is 0.298 e. The largest absolute Gasteiger partial charge is 0.334 e. The summed E-state index contributed by atoms with van der Waals surface area (Å²) in [4.78, 5) is 53.3. The van der Waals surface area contributed by atoms with Crippen molar-refractivity contribution in [2.45, 2.75) is 34.1 Å². The third-order valence-corrected chi connectivity index (χ3v) is 4.40. The number of hydrogen-bond acceptors (Lipinski definition) is 4. The molecule has 148 valence electrons. The van der Waals surface area contributed by atoms with Gasteiger partial charge in [-0.2, -0.15) is 0 Å². The van der Waals surface area contributed by atoms with Crippen LogP contribution < -0.4 is 0 Å². The van der Waals surface area contributed by atoms with Gasteiger partial charge >= 0.3 is 6.03 Å². The molecule has 0 bridgehead atoms. The van der Waals surface area contributed by atoms with Gasteiger partial charge in [-0.25, -0.2) is 4.79 Å². The van der Waals surface area contributed by atoms with E-state index in [9.17, 15) is 19.2 Å². The van der Waals surface area contributed by atoms with Crippen LogP contribution in [0.25, 0.3) is 0 Å². The molecule has 2 rings (SSSR count). The predicted octanol–water partition coefficient (Wildman–Crippen LogP) is 3.14. The van der Waals surface area contributed by atoms with Gasteiger partial charge in [0.25, 0.3) is 11.8 Å². The maximum absolute atomic E-state index is 12.9. The molecule has 4 amide bonds. The van der Waals surface area contributed by atoms with Crippen molar-refractivity contribution in [1.82, 2.24) is 9.80 Å². The van der Waals surface area contributed by atoms with Crippen molar-refractivity contribution in [2.24, 2.45) is 5.92 Å². The lowest BCUT2D eigenvalue weighted by Gasteiger charge is -2.35. The fraction of sp³-hybridized carbons (Fsp3) is 0.364. The molecule has 1 saturated heterocycles. The second kappa shape index (κ2) is 9.26. The Morgan fingerprint density at radius 1 is 0.857 bits per heavy atom. The van der Waals surface area contributed by atoms with Crippen molar-refractivity contribution in [1.29, 1.82) is 0 Å².